The van der Waals surface area contributed by atoms with Gasteiger partial charge >= 0.3 is 6.03 Å². The first-order chi connectivity index (χ1) is 12.2. The predicted octanol–water partition coefficient (Wildman–Crippen LogP) is 4.80. The van der Waals surface area contributed by atoms with Crippen molar-refractivity contribution in [1.29, 1.82) is 0 Å². The Hall–Kier alpha value is -2.34. The molecule has 2 N–H and O–H groups in total. The summed E-state index contributed by atoms with van der Waals surface area (Å²) in [5.74, 6) is 0.0726. The van der Waals surface area contributed by atoms with Crippen LogP contribution >= 0.6 is 11.3 Å². The van der Waals surface area contributed by atoms with Crippen molar-refractivity contribution in [3.05, 3.63) is 47.3 Å². The molecular formula is C19H23N3O2S. The van der Waals surface area contributed by atoms with Crippen LogP contribution in [0.25, 0.3) is 0 Å². The maximum atomic E-state index is 12.7. The van der Waals surface area contributed by atoms with E-state index in [1.54, 1.807) is 12.1 Å². The van der Waals surface area contributed by atoms with Gasteiger partial charge in [-0.3, -0.25) is 10.1 Å². The van der Waals surface area contributed by atoms with Crippen molar-refractivity contribution in [2.75, 3.05) is 23.7 Å². The van der Waals surface area contributed by atoms with Crippen LogP contribution < -0.4 is 10.6 Å². The standard InChI is InChI=1S/C19H23N3O2S/c23-18(22-13-7-2-1-3-8-14-22)16-11-12-17(25-16)21-19(24)20-15-9-5-4-6-10-15/h4-6,9-12H,1-3,7-8,13-14H2,(H2,20,21,24). The molecular weight excluding hydrogens is 334 g/mol. The van der Waals surface area contributed by atoms with Crippen LogP contribution in [0.5, 0.6) is 0 Å². The van der Waals surface area contributed by atoms with Gasteiger partial charge in [-0.05, 0) is 37.1 Å². The van der Waals surface area contributed by atoms with Gasteiger partial charge in [-0.15, -0.1) is 11.3 Å². The molecule has 1 aromatic heterocycles. The molecule has 0 radical (unpaired) electrons. The number of benzene rings is 1. The molecule has 0 spiro atoms. The van der Waals surface area contributed by atoms with E-state index in [1.807, 2.05) is 35.2 Å². The van der Waals surface area contributed by atoms with Crippen molar-refractivity contribution in [1.82, 2.24) is 4.90 Å². The van der Waals surface area contributed by atoms with E-state index >= 15 is 0 Å². The van der Waals surface area contributed by atoms with E-state index in [2.05, 4.69) is 10.6 Å². The normalized spacial score (nSPS) is 15.1. The first kappa shape index (κ1) is 17.5. The average molecular weight is 357 g/mol. The van der Waals surface area contributed by atoms with Gasteiger partial charge in [0.2, 0.25) is 0 Å². The number of urea groups is 1. The van der Waals surface area contributed by atoms with Gasteiger partial charge in [0.25, 0.3) is 5.91 Å². The number of carbonyl (C=O) groups excluding carboxylic acids is 2. The number of likely N-dealkylation sites (tertiary alicyclic amines) is 1. The number of carbonyl (C=O) groups is 2. The van der Waals surface area contributed by atoms with Crippen LogP contribution in [0.4, 0.5) is 15.5 Å². The Morgan fingerprint density at radius 1 is 0.840 bits per heavy atom. The Kier molecular flexibility index (Phi) is 6.06. The molecule has 132 valence electrons. The highest BCUT2D eigenvalue weighted by Crippen LogP contribution is 2.24. The summed E-state index contributed by atoms with van der Waals surface area (Å²) in [5, 5.41) is 6.23. The van der Waals surface area contributed by atoms with Crippen LogP contribution in [-0.4, -0.2) is 29.9 Å². The summed E-state index contributed by atoms with van der Waals surface area (Å²) in [5.41, 5.74) is 0.730. The fraction of sp³-hybridized carbons (Fsp3) is 0.368. The molecule has 1 aliphatic rings. The van der Waals surface area contributed by atoms with Gasteiger partial charge in [0, 0.05) is 18.8 Å². The second kappa shape index (κ2) is 8.67. The van der Waals surface area contributed by atoms with Crippen molar-refractivity contribution in [3.8, 4) is 0 Å². The zero-order valence-corrected chi connectivity index (χ0v) is 15.0. The van der Waals surface area contributed by atoms with E-state index in [9.17, 15) is 9.59 Å². The molecule has 0 aliphatic carbocycles. The lowest BCUT2D eigenvalue weighted by Crippen LogP contribution is -2.33. The SMILES string of the molecule is O=C(Nc1ccccc1)Nc1ccc(C(=O)N2CCCCCCC2)s1. The van der Waals surface area contributed by atoms with Crippen LogP contribution in [0.2, 0.25) is 0 Å². The highest BCUT2D eigenvalue weighted by molar-refractivity contribution is 7.18. The highest BCUT2D eigenvalue weighted by atomic mass is 32.1. The molecule has 2 aromatic rings. The molecule has 3 amide bonds. The Bertz CT molecular complexity index is 706. The number of nitrogens with zero attached hydrogens (tertiary/aromatic N) is 1. The van der Waals surface area contributed by atoms with Crippen LogP contribution in [0, 0.1) is 0 Å². The van der Waals surface area contributed by atoms with Gasteiger partial charge in [0.05, 0.1) is 9.88 Å². The van der Waals surface area contributed by atoms with Crippen molar-refractivity contribution in [3.63, 3.8) is 0 Å². The summed E-state index contributed by atoms with van der Waals surface area (Å²) in [6.45, 7) is 1.65. The number of para-hydroxylation sites is 1. The van der Waals surface area contributed by atoms with Gasteiger partial charge in [0.15, 0.2) is 0 Å². The molecule has 0 saturated carbocycles. The van der Waals surface area contributed by atoms with Gasteiger partial charge in [-0.2, -0.15) is 0 Å². The molecule has 6 heteroatoms. The number of anilines is 2. The molecule has 0 unspecified atom stereocenters. The lowest BCUT2D eigenvalue weighted by atomic mass is 10.1. The molecule has 25 heavy (non-hydrogen) atoms. The van der Waals surface area contributed by atoms with Crippen molar-refractivity contribution in [2.24, 2.45) is 0 Å². The van der Waals surface area contributed by atoms with Crippen molar-refractivity contribution in [2.45, 2.75) is 32.1 Å². The molecule has 3 rings (SSSR count). The monoisotopic (exact) mass is 357 g/mol. The predicted molar refractivity (Wildman–Crippen MR) is 102 cm³/mol. The molecule has 0 atom stereocenters. The van der Waals surface area contributed by atoms with E-state index < -0.39 is 0 Å². The number of hydrogen-bond donors (Lipinski definition) is 2. The van der Waals surface area contributed by atoms with E-state index in [1.165, 1.54) is 30.6 Å². The summed E-state index contributed by atoms with van der Waals surface area (Å²) in [6, 6.07) is 12.5. The first-order valence-corrected chi connectivity index (χ1v) is 9.56. The minimum atomic E-state index is -0.307. The Labute approximate surface area is 152 Å². The lowest BCUT2D eigenvalue weighted by molar-refractivity contribution is 0.0747. The van der Waals surface area contributed by atoms with Gasteiger partial charge in [-0.25, -0.2) is 4.79 Å². The molecule has 1 saturated heterocycles. The largest absolute Gasteiger partial charge is 0.338 e. The number of hydrogen-bond acceptors (Lipinski definition) is 3. The summed E-state index contributed by atoms with van der Waals surface area (Å²) in [4.78, 5) is 27.3. The summed E-state index contributed by atoms with van der Waals surface area (Å²) in [7, 11) is 0. The maximum Gasteiger partial charge on any atom is 0.324 e. The fourth-order valence-corrected chi connectivity index (χ4v) is 3.79. The molecule has 1 aromatic carbocycles. The average Bonchev–Trinajstić information content (AvgIpc) is 3.03. The minimum Gasteiger partial charge on any atom is -0.338 e. The second-order valence-corrected chi connectivity index (χ2v) is 7.25. The summed E-state index contributed by atoms with van der Waals surface area (Å²) >= 11 is 1.32. The minimum absolute atomic E-state index is 0.0726. The molecule has 1 fully saturated rings. The van der Waals surface area contributed by atoms with Crippen LogP contribution in [0.3, 0.4) is 0 Å². The number of amides is 3. The van der Waals surface area contributed by atoms with Gasteiger partial charge in [-0.1, -0.05) is 37.5 Å². The Morgan fingerprint density at radius 3 is 2.24 bits per heavy atom. The second-order valence-electron chi connectivity index (χ2n) is 6.17. The van der Waals surface area contributed by atoms with Crippen molar-refractivity contribution < 1.29 is 9.59 Å². The fourth-order valence-electron chi connectivity index (χ4n) is 2.92. The van der Waals surface area contributed by atoms with Gasteiger partial charge < -0.3 is 10.2 Å². The first-order valence-electron chi connectivity index (χ1n) is 8.74. The third kappa shape index (κ3) is 5.06. The van der Waals surface area contributed by atoms with Crippen LogP contribution in [-0.2, 0) is 0 Å². The molecule has 2 heterocycles. The zero-order valence-electron chi connectivity index (χ0n) is 14.2. The maximum absolute atomic E-state index is 12.7. The molecule has 5 nitrogen and oxygen atoms in total. The molecule has 0 bridgehead atoms. The van der Waals surface area contributed by atoms with E-state index in [-0.39, 0.29) is 11.9 Å². The number of rotatable bonds is 3. The van der Waals surface area contributed by atoms with Crippen LogP contribution in [0.15, 0.2) is 42.5 Å². The van der Waals surface area contributed by atoms with E-state index in [0.29, 0.717) is 9.88 Å². The van der Waals surface area contributed by atoms with E-state index in [0.717, 1.165) is 31.6 Å². The van der Waals surface area contributed by atoms with Gasteiger partial charge in [0.1, 0.15) is 0 Å². The zero-order chi connectivity index (χ0) is 17.5. The summed E-state index contributed by atoms with van der Waals surface area (Å²) < 4.78 is 0. The lowest BCUT2D eigenvalue weighted by Gasteiger charge is -2.24. The quantitative estimate of drug-likeness (QED) is 0.829. The Morgan fingerprint density at radius 2 is 1.52 bits per heavy atom. The number of thiophene rings is 1. The molecule has 1 aliphatic heterocycles. The summed E-state index contributed by atoms with van der Waals surface area (Å²) in [6.07, 6.45) is 5.80. The van der Waals surface area contributed by atoms with Crippen LogP contribution in [0.1, 0.15) is 41.8 Å². The third-order valence-corrected chi connectivity index (χ3v) is 5.22. The Balaban J connectivity index is 1.57. The smallest absolute Gasteiger partial charge is 0.324 e. The van der Waals surface area contributed by atoms with Crippen molar-refractivity contribution >= 4 is 34.0 Å². The van der Waals surface area contributed by atoms with E-state index in [4.69, 9.17) is 0 Å². The topological polar surface area (TPSA) is 61.4 Å². The third-order valence-electron chi connectivity index (χ3n) is 4.23. The number of nitrogens with one attached hydrogen (secondary N) is 2. The highest BCUT2D eigenvalue weighted by Gasteiger charge is 2.18.